The Morgan fingerprint density at radius 1 is 1.03 bits per heavy atom. The minimum Gasteiger partial charge on any atom is -0.496 e. The second-order valence-corrected chi connectivity index (χ2v) is 8.15. The molecule has 1 aromatic carbocycles. The maximum absolute atomic E-state index is 14.5. The highest BCUT2D eigenvalue weighted by Gasteiger charge is 2.28. The number of amides is 1. The lowest BCUT2D eigenvalue weighted by Crippen LogP contribution is -2.34. The molecule has 3 aromatic rings. The average Bonchev–Trinajstić information content (AvgIpc) is 2.85. The number of hydrogen-bond donors (Lipinski definition) is 2. The van der Waals surface area contributed by atoms with E-state index in [0.717, 1.165) is 25.5 Å². The highest BCUT2D eigenvalue weighted by molar-refractivity contribution is 5.92. The van der Waals surface area contributed by atoms with Crippen LogP contribution in [0.4, 0.5) is 20.4 Å². The second-order valence-electron chi connectivity index (χ2n) is 8.15. The van der Waals surface area contributed by atoms with Crippen LogP contribution in [0, 0.1) is 17.6 Å². The van der Waals surface area contributed by atoms with Gasteiger partial charge in [-0.3, -0.25) is 4.79 Å². The zero-order valence-electron chi connectivity index (χ0n) is 19.0. The number of carbonyl (C=O) groups excluding carboxylic acids is 1. The third-order valence-electron chi connectivity index (χ3n) is 5.89. The normalized spacial score (nSPS) is 17.6. The standard InChI is InChI=1S/C25H26F2N4O3/c1-33-21-12-16(26)9-10-18(21)19-13-23(28-14-20(19)27)31-25(32)15-5-3-6-17(11-15)29-22-7-4-8-24(30-22)34-2/h4,7-10,12-15,17H,3,5-6,11H2,1-2H3,(H,29,30)(H,28,31,32)/t15-,17+/m0/s1. The number of carbonyl (C=O) groups is 1. The van der Waals surface area contributed by atoms with Crippen LogP contribution in [0.3, 0.4) is 0 Å². The van der Waals surface area contributed by atoms with Gasteiger partial charge in [0.05, 0.1) is 20.4 Å². The van der Waals surface area contributed by atoms with Gasteiger partial charge in [0.2, 0.25) is 11.8 Å². The number of benzene rings is 1. The van der Waals surface area contributed by atoms with E-state index in [0.29, 0.717) is 23.7 Å². The zero-order valence-corrected chi connectivity index (χ0v) is 19.0. The fourth-order valence-electron chi connectivity index (χ4n) is 4.21. The van der Waals surface area contributed by atoms with Gasteiger partial charge in [0.1, 0.15) is 29.0 Å². The predicted octanol–water partition coefficient (Wildman–Crippen LogP) is 5.05. The number of aromatic nitrogens is 2. The van der Waals surface area contributed by atoms with Crippen molar-refractivity contribution >= 4 is 17.5 Å². The molecule has 1 saturated carbocycles. The maximum Gasteiger partial charge on any atom is 0.228 e. The van der Waals surface area contributed by atoms with Crippen molar-refractivity contribution < 1.29 is 23.0 Å². The summed E-state index contributed by atoms with van der Waals surface area (Å²) in [5.41, 5.74) is 0.529. The van der Waals surface area contributed by atoms with Gasteiger partial charge in [-0.1, -0.05) is 12.5 Å². The van der Waals surface area contributed by atoms with Crippen LogP contribution < -0.4 is 20.1 Å². The summed E-state index contributed by atoms with van der Waals surface area (Å²) in [6, 6.07) is 10.8. The van der Waals surface area contributed by atoms with Gasteiger partial charge in [0.15, 0.2) is 0 Å². The lowest BCUT2D eigenvalue weighted by atomic mass is 9.85. The highest BCUT2D eigenvalue weighted by atomic mass is 19.1. The molecule has 34 heavy (non-hydrogen) atoms. The number of nitrogens with zero attached hydrogens (tertiary/aromatic N) is 2. The summed E-state index contributed by atoms with van der Waals surface area (Å²) in [6.45, 7) is 0. The summed E-state index contributed by atoms with van der Waals surface area (Å²) in [5.74, 6) is 0.124. The lowest BCUT2D eigenvalue weighted by molar-refractivity contribution is -0.120. The van der Waals surface area contributed by atoms with E-state index in [1.54, 1.807) is 13.2 Å². The summed E-state index contributed by atoms with van der Waals surface area (Å²) in [4.78, 5) is 21.4. The van der Waals surface area contributed by atoms with Gasteiger partial charge in [-0.15, -0.1) is 0 Å². The molecule has 0 aliphatic heterocycles. The third kappa shape index (κ3) is 5.41. The van der Waals surface area contributed by atoms with Crippen LogP contribution in [-0.4, -0.2) is 36.1 Å². The Hall–Kier alpha value is -3.75. The summed E-state index contributed by atoms with van der Waals surface area (Å²) in [6.07, 6.45) is 4.22. The lowest BCUT2D eigenvalue weighted by Gasteiger charge is -2.29. The molecule has 4 rings (SSSR count). The Labute approximate surface area is 196 Å². The Bertz CT molecular complexity index is 1170. The first-order valence-electron chi connectivity index (χ1n) is 11.0. The average molecular weight is 469 g/mol. The van der Waals surface area contributed by atoms with Gasteiger partial charge in [0, 0.05) is 35.2 Å². The van der Waals surface area contributed by atoms with Crippen LogP contribution in [0.1, 0.15) is 25.7 Å². The molecule has 9 heteroatoms. The molecule has 2 aromatic heterocycles. The van der Waals surface area contributed by atoms with E-state index in [1.165, 1.54) is 31.4 Å². The van der Waals surface area contributed by atoms with E-state index < -0.39 is 11.6 Å². The minimum atomic E-state index is -0.601. The van der Waals surface area contributed by atoms with Gasteiger partial charge in [-0.25, -0.2) is 13.8 Å². The van der Waals surface area contributed by atoms with Crippen molar-refractivity contribution in [3.05, 3.63) is 60.3 Å². The van der Waals surface area contributed by atoms with E-state index in [4.69, 9.17) is 9.47 Å². The number of halogens is 2. The van der Waals surface area contributed by atoms with E-state index >= 15 is 0 Å². The molecule has 0 radical (unpaired) electrons. The molecule has 1 aliphatic carbocycles. The number of pyridine rings is 2. The first kappa shape index (κ1) is 23.4. The van der Waals surface area contributed by atoms with Crippen molar-refractivity contribution in [1.29, 1.82) is 0 Å². The predicted molar refractivity (Wildman–Crippen MR) is 125 cm³/mol. The quantitative estimate of drug-likeness (QED) is 0.505. The van der Waals surface area contributed by atoms with Crippen LogP contribution in [0.5, 0.6) is 11.6 Å². The van der Waals surface area contributed by atoms with E-state index in [2.05, 4.69) is 20.6 Å². The fraction of sp³-hybridized carbons (Fsp3) is 0.320. The number of nitrogens with one attached hydrogen (secondary N) is 2. The zero-order chi connectivity index (χ0) is 24.1. The number of ether oxygens (including phenoxy) is 2. The Balaban J connectivity index is 1.45. The van der Waals surface area contributed by atoms with Crippen LogP contribution >= 0.6 is 0 Å². The van der Waals surface area contributed by atoms with E-state index in [1.807, 2.05) is 12.1 Å². The Kier molecular flexibility index (Phi) is 7.20. The van der Waals surface area contributed by atoms with Crippen LogP contribution in [0.25, 0.3) is 11.1 Å². The second kappa shape index (κ2) is 10.5. The van der Waals surface area contributed by atoms with Gasteiger partial charge in [-0.05, 0) is 43.5 Å². The molecule has 178 valence electrons. The molecular weight excluding hydrogens is 442 g/mol. The molecule has 2 atom stereocenters. The third-order valence-corrected chi connectivity index (χ3v) is 5.89. The van der Waals surface area contributed by atoms with Crippen molar-refractivity contribution in [3.8, 4) is 22.8 Å². The molecule has 7 nitrogen and oxygen atoms in total. The van der Waals surface area contributed by atoms with Gasteiger partial charge < -0.3 is 20.1 Å². The summed E-state index contributed by atoms with van der Waals surface area (Å²) >= 11 is 0. The number of hydrogen-bond acceptors (Lipinski definition) is 6. The number of methoxy groups -OCH3 is 2. The highest BCUT2D eigenvalue weighted by Crippen LogP contribution is 2.34. The molecular formula is C25H26F2N4O3. The maximum atomic E-state index is 14.5. The largest absolute Gasteiger partial charge is 0.496 e. The molecule has 2 N–H and O–H groups in total. The Morgan fingerprint density at radius 2 is 1.88 bits per heavy atom. The van der Waals surface area contributed by atoms with Crippen LogP contribution in [-0.2, 0) is 4.79 Å². The molecule has 0 saturated heterocycles. The monoisotopic (exact) mass is 468 g/mol. The van der Waals surface area contributed by atoms with Crippen LogP contribution in [0.15, 0.2) is 48.7 Å². The smallest absolute Gasteiger partial charge is 0.228 e. The summed E-state index contributed by atoms with van der Waals surface area (Å²) in [5, 5.41) is 6.18. The first-order valence-corrected chi connectivity index (χ1v) is 11.0. The summed E-state index contributed by atoms with van der Waals surface area (Å²) in [7, 11) is 2.95. The molecule has 0 bridgehead atoms. The molecule has 0 unspecified atom stereocenters. The fourth-order valence-corrected chi connectivity index (χ4v) is 4.21. The minimum absolute atomic E-state index is 0.0873. The topological polar surface area (TPSA) is 85.4 Å². The molecule has 1 fully saturated rings. The SMILES string of the molecule is COc1cccc(N[C@@H]2CCC[C@H](C(=O)Nc3cc(-c4ccc(F)cc4OC)c(F)cn3)C2)n1. The van der Waals surface area contributed by atoms with Crippen molar-refractivity contribution in [2.24, 2.45) is 5.92 Å². The van der Waals surface area contributed by atoms with Crippen molar-refractivity contribution in [2.45, 2.75) is 31.7 Å². The summed E-state index contributed by atoms with van der Waals surface area (Å²) < 4.78 is 38.4. The molecule has 2 heterocycles. The number of anilines is 2. The molecule has 1 amide bonds. The number of rotatable bonds is 7. The van der Waals surface area contributed by atoms with Gasteiger partial charge >= 0.3 is 0 Å². The molecule has 1 aliphatic rings. The van der Waals surface area contributed by atoms with Crippen molar-refractivity contribution in [1.82, 2.24) is 9.97 Å². The van der Waals surface area contributed by atoms with Crippen LogP contribution in [0.2, 0.25) is 0 Å². The van der Waals surface area contributed by atoms with Crippen molar-refractivity contribution in [2.75, 3.05) is 24.9 Å². The van der Waals surface area contributed by atoms with Gasteiger partial charge in [-0.2, -0.15) is 4.98 Å². The first-order chi connectivity index (χ1) is 16.5. The van der Waals surface area contributed by atoms with Gasteiger partial charge in [0.25, 0.3) is 0 Å². The Morgan fingerprint density at radius 3 is 2.68 bits per heavy atom. The van der Waals surface area contributed by atoms with E-state index in [9.17, 15) is 13.6 Å². The van der Waals surface area contributed by atoms with E-state index in [-0.39, 0.29) is 35.0 Å². The van der Waals surface area contributed by atoms with Crippen molar-refractivity contribution in [3.63, 3.8) is 0 Å². The molecule has 0 spiro atoms.